The number of nitrogens with zero attached hydrogens (tertiary/aromatic N) is 6. The third kappa shape index (κ3) is 4.53. The Morgan fingerprint density at radius 3 is 2.74 bits per heavy atom. The molecule has 8 heteroatoms. The van der Waals surface area contributed by atoms with E-state index in [-0.39, 0.29) is 5.91 Å². The Morgan fingerprint density at radius 1 is 1.03 bits per heavy atom. The predicted molar refractivity (Wildman–Crippen MR) is 116 cm³/mol. The summed E-state index contributed by atoms with van der Waals surface area (Å²) in [7, 11) is 0. The molecule has 0 aromatic carbocycles. The molecule has 4 heterocycles. The van der Waals surface area contributed by atoms with Gasteiger partial charge in [0.1, 0.15) is 5.69 Å². The van der Waals surface area contributed by atoms with Gasteiger partial charge in [0.15, 0.2) is 0 Å². The van der Waals surface area contributed by atoms with Crippen LogP contribution in [0.2, 0.25) is 0 Å². The molecule has 1 N–H and O–H groups in total. The van der Waals surface area contributed by atoms with E-state index in [1.807, 2.05) is 52.2 Å². The molecule has 0 bridgehead atoms. The minimum absolute atomic E-state index is 0.257. The van der Waals surface area contributed by atoms with Crippen molar-refractivity contribution in [2.24, 2.45) is 5.92 Å². The number of hydrogen-bond acceptors (Lipinski definition) is 5. The zero-order chi connectivity index (χ0) is 21.0. The first-order valence-electron chi connectivity index (χ1n) is 10.5. The normalized spacial score (nSPS) is 13.7. The summed E-state index contributed by atoms with van der Waals surface area (Å²) in [4.78, 5) is 21.4. The van der Waals surface area contributed by atoms with E-state index in [0.717, 1.165) is 17.7 Å². The number of amides is 1. The van der Waals surface area contributed by atoms with Gasteiger partial charge in [-0.25, -0.2) is 4.98 Å². The van der Waals surface area contributed by atoms with E-state index in [1.165, 1.54) is 19.3 Å². The first-order valence-corrected chi connectivity index (χ1v) is 10.5. The van der Waals surface area contributed by atoms with E-state index >= 15 is 0 Å². The molecule has 0 atom stereocenters. The molecule has 1 aliphatic carbocycles. The maximum atomic E-state index is 12.7. The number of anilines is 1. The molecule has 1 amide bonds. The maximum absolute atomic E-state index is 12.7. The van der Waals surface area contributed by atoms with E-state index in [4.69, 9.17) is 0 Å². The summed E-state index contributed by atoms with van der Waals surface area (Å²) >= 11 is 0. The smallest absolute Gasteiger partial charge is 0.274 e. The SMILES string of the molecule is O=C(Nc1cnn(CC2CCC2)c1)c1cccc(-c2cnn(Cc3cccnc3)c2)n1. The van der Waals surface area contributed by atoms with Crippen LogP contribution in [-0.2, 0) is 13.1 Å². The average Bonchev–Trinajstić information content (AvgIpc) is 3.41. The predicted octanol–water partition coefficient (Wildman–Crippen LogP) is 3.64. The lowest BCUT2D eigenvalue weighted by molar-refractivity contribution is 0.102. The summed E-state index contributed by atoms with van der Waals surface area (Å²) in [6.07, 6.45) is 14.6. The van der Waals surface area contributed by atoms with Gasteiger partial charge in [-0.3, -0.25) is 19.1 Å². The zero-order valence-electron chi connectivity index (χ0n) is 17.1. The van der Waals surface area contributed by atoms with Crippen LogP contribution < -0.4 is 5.32 Å². The molecule has 8 nitrogen and oxygen atoms in total. The summed E-state index contributed by atoms with van der Waals surface area (Å²) in [5.74, 6) is 0.452. The van der Waals surface area contributed by atoms with Gasteiger partial charge in [-0.15, -0.1) is 0 Å². The second-order valence-corrected chi connectivity index (χ2v) is 7.90. The topological polar surface area (TPSA) is 90.5 Å². The Balaban J connectivity index is 1.26. The number of carbonyl (C=O) groups is 1. The van der Waals surface area contributed by atoms with Gasteiger partial charge in [-0.05, 0) is 42.5 Å². The maximum Gasteiger partial charge on any atom is 0.274 e. The highest BCUT2D eigenvalue weighted by Crippen LogP contribution is 2.27. The fourth-order valence-electron chi connectivity index (χ4n) is 3.65. The van der Waals surface area contributed by atoms with Gasteiger partial charge in [0.05, 0.1) is 30.3 Å². The first kappa shape index (κ1) is 19.2. The second kappa shape index (κ2) is 8.51. The molecule has 0 saturated heterocycles. The highest BCUT2D eigenvalue weighted by molar-refractivity contribution is 6.03. The number of hydrogen-bond donors (Lipinski definition) is 1. The van der Waals surface area contributed by atoms with Crippen LogP contribution in [0, 0.1) is 5.92 Å². The van der Waals surface area contributed by atoms with Crippen molar-refractivity contribution in [3.8, 4) is 11.3 Å². The van der Waals surface area contributed by atoms with E-state index in [2.05, 4.69) is 25.5 Å². The molecule has 0 aliphatic heterocycles. The molecule has 0 unspecified atom stereocenters. The van der Waals surface area contributed by atoms with Gasteiger partial charge in [0.25, 0.3) is 5.91 Å². The van der Waals surface area contributed by atoms with Gasteiger partial charge in [0, 0.05) is 36.9 Å². The summed E-state index contributed by atoms with van der Waals surface area (Å²) in [5.41, 5.74) is 3.65. The first-order chi connectivity index (χ1) is 15.2. The Labute approximate surface area is 180 Å². The minimum Gasteiger partial charge on any atom is -0.318 e. The van der Waals surface area contributed by atoms with Crippen LogP contribution in [0.15, 0.2) is 67.5 Å². The average molecular weight is 413 g/mol. The number of carbonyl (C=O) groups excluding carboxylic acids is 1. The third-order valence-corrected chi connectivity index (χ3v) is 5.54. The number of nitrogens with one attached hydrogen (secondary N) is 1. The Hall–Kier alpha value is -3.81. The second-order valence-electron chi connectivity index (χ2n) is 7.90. The quantitative estimate of drug-likeness (QED) is 0.500. The van der Waals surface area contributed by atoms with Gasteiger partial charge in [-0.2, -0.15) is 10.2 Å². The van der Waals surface area contributed by atoms with E-state index in [1.54, 1.807) is 24.7 Å². The van der Waals surface area contributed by atoms with Crippen LogP contribution in [0.1, 0.15) is 35.3 Å². The van der Waals surface area contributed by atoms with Crippen molar-refractivity contribution in [3.05, 3.63) is 78.8 Å². The Bertz CT molecular complexity index is 1180. The summed E-state index contributed by atoms with van der Waals surface area (Å²) in [6.45, 7) is 1.53. The van der Waals surface area contributed by atoms with Gasteiger partial charge in [-0.1, -0.05) is 18.6 Å². The van der Waals surface area contributed by atoms with Crippen molar-refractivity contribution in [2.45, 2.75) is 32.4 Å². The highest BCUT2D eigenvalue weighted by atomic mass is 16.1. The molecule has 1 fully saturated rings. The summed E-state index contributed by atoms with van der Waals surface area (Å²) in [6, 6.07) is 9.32. The van der Waals surface area contributed by atoms with Gasteiger partial charge >= 0.3 is 0 Å². The summed E-state index contributed by atoms with van der Waals surface area (Å²) < 4.78 is 3.73. The number of rotatable bonds is 7. The molecule has 4 aromatic heterocycles. The zero-order valence-corrected chi connectivity index (χ0v) is 17.1. The Morgan fingerprint density at radius 2 is 1.94 bits per heavy atom. The summed E-state index contributed by atoms with van der Waals surface area (Å²) in [5, 5.41) is 11.7. The number of pyridine rings is 2. The highest BCUT2D eigenvalue weighted by Gasteiger charge is 2.18. The van der Waals surface area contributed by atoms with Crippen molar-refractivity contribution in [1.29, 1.82) is 0 Å². The largest absolute Gasteiger partial charge is 0.318 e. The van der Waals surface area contributed by atoms with Gasteiger partial charge < -0.3 is 5.32 Å². The Kier molecular flexibility index (Phi) is 5.26. The molecule has 4 aromatic rings. The molecular weight excluding hydrogens is 390 g/mol. The molecular formula is C23H23N7O. The fraction of sp³-hybridized carbons (Fsp3) is 0.261. The molecule has 0 spiro atoms. The lowest BCUT2D eigenvalue weighted by Crippen LogP contribution is -2.18. The molecule has 31 heavy (non-hydrogen) atoms. The van der Waals surface area contributed by atoms with Crippen LogP contribution in [0.5, 0.6) is 0 Å². The molecule has 5 rings (SSSR count). The van der Waals surface area contributed by atoms with Crippen LogP contribution in [-0.4, -0.2) is 35.4 Å². The van der Waals surface area contributed by atoms with E-state index in [0.29, 0.717) is 29.5 Å². The molecule has 156 valence electrons. The lowest BCUT2D eigenvalue weighted by Gasteiger charge is -2.24. The van der Waals surface area contributed by atoms with Crippen molar-refractivity contribution < 1.29 is 4.79 Å². The van der Waals surface area contributed by atoms with E-state index in [9.17, 15) is 4.79 Å². The molecule has 0 radical (unpaired) electrons. The van der Waals surface area contributed by atoms with Crippen molar-refractivity contribution in [1.82, 2.24) is 29.5 Å². The monoisotopic (exact) mass is 413 g/mol. The van der Waals surface area contributed by atoms with Crippen molar-refractivity contribution >= 4 is 11.6 Å². The van der Waals surface area contributed by atoms with Crippen LogP contribution >= 0.6 is 0 Å². The molecule has 1 saturated carbocycles. The van der Waals surface area contributed by atoms with Gasteiger partial charge in [0.2, 0.25) is 0 Å². The third-order valence-electron chi connectivity index (χ3n) is 5.54. The van der Waals surface area contributed by atoms with Crippen molar-refractivity contribution in [3.63, 3.8) is 0 Å². The van der Waals surface area contributed by atoms with Crippen LogP contribution in [0.4, 0.5) is 5.69 Å². The minimum atomic E-state index is -0.257. The van der Waals surface area contributed by atoms with Crippen LogP contribution in [0.25, 0.3) is 11.3 Å². The van der Waals surface area contributed by atoms with E-state index < -0.39 is 0 Å². The number of aromatic nitrogens is 6. The fourth-order valence-corrected chi connectivity index (χ4v) is 3.65. The van der Waals surface area contributed by atoms with Crippen LogP contribution in [0.3, 0.4) is 0 Å². The van der Waals surface area contributed by atoms with Crippen molar-refractivity contribution in [2.75, 3.05) is 5.32 Å². The lowest BCUT2D eigenvalue weighted by atomic mass is 9.85. The molecule has 1 aliphatic rings. The standard InChI is InChI=1S/C23H23N7O/c31-23(27-20-12-26-30(16-20)13-17-4-1-5-17)22-8-2-7-21(28-22)19-11-25-29(15-19)14-18-6-3-9-24-10-18/h2-3,6-12,15-17H,1,4-5,13-14H2,(H,27,31).